The van der Waals surface area contributed by atoms with Crippen molar-refractivity contribution < 1.29 is 9.59 Å². The highest BCUT2D eigenvalue weighted by atomic mass is 32.1. The predicted molar refractivity (Wildman–Crippen MR) is 96.7 cm³/mol. The minimum Gasteiger partial charge on any atom is -0.349 e. The van der Waals surface area contributed by atoms with Crippen LogP contribution in [0.4, 0.5) is 5.69 Å². The van der Waals surface area contributed by atoms with E-state index < -0.39 is 0 Å². The number of rotatable bonds is 4. The highest BCUT2D eigenvalue weighted by molar-refractivity contribution is 7.08. The van der Waals surface area contributed by atoms with Gasteiger partial charge in [-0.1, -0.05) is 12.1 Å². The van der Waals surface area contributed by atoms with Gasteiger partial charge in [0.2, 0.25) is 0 Å². The molecule has 1 fully saturated rings. The van der Waals surface area contributed by atoms with Crippen molar-refractivity contribution in [3.8, 4) is 0 Å². The lowest BCUT2D eigenvalue weighted by molar-refractivity contribution is 0.0926. The molecule has 5 nitrogen and oxygen atoms in total. The summed E-state index contributed by atoms with van der Waals surface area (Å²) < 4.78 is 0. The van der Waals surface area contributed by atoms with Crippen molar-refractivity contribution in [3.63, 3.8) is 0 Å². The lowest BCUT2D eigenvalue weighted by atomic mass is 10.00. The average Bonchev–Trinajstić information content (AvgIpc) is 3.10. The van der Waals surface area contributed by atoms with Crippen molar-refractivity contribution in [2.24, 2.45) is 0 Å². The fourth-order valence-corrected chi connectivity index (χ4v) is 3.54. The van der Waals surface area contributed by atoms with Gasteiger partial charge in [-0.05, 0) is 49.9 Å². The van der Waals surface area contributed by atoms with Crippen LogP contribution in [0.3, 0.4) is 0 Å². The zero-order valence-electron chi connectivity index (χ0n) is 13.5. The van der Waals surface area contributed by atoms with Crippen LogP contribution in [-0.2, 0) is 0 Å². The van der Waals surface area contributed by atoms with Gasteiger partial charge in [-0.3, -0.25) is 9.59 Å². The van der Waals surface area contributed by atoms with E-state index in [9.17, 15) is 9.59 Å². The summed E-state index contributed by atoms with van der Waals surface area (Å²) in [6, 6.07) is 9.44. The fraction of sp³-hybridized carbons (Fsp3) is 0.333. The van der Waals surface area contributed by atoms with Crippen LogP contribution in [0.2, 0.25) is 0 Å². The molecule has 2 aromatic rings. The Kier molecular flexibility index (Phi) is 5.27. The summed E-state index contributed by atoms with van der Waals surface area (Å²) in [6.45, 7) is 3.02. The van der Waals surface area contributed by atoms with Crippen molar-refractivity contribution in [1.82, 2.24) is 10.6 Å². The molecule has 1 aliphatic rings. The van der Waals surface area contributed by atoms with E-state index in [1.54, 1.807) is 29.6 Å². The number of amides is 2. The minimum atomic E-state index is -0.202. The maximum atomic E-state index is 12.6. The molecule has 6 heteroatoms. The van der Waals surface area contributed by atoms with Gasteiger partial charge < -0.3 is 16.0 Å². The zero-order chi connectivity index (χ0) is 16.9. The zero-order valence-corrected chi connectivity index (χ0v) is 14.4. The first kappa shape index (κ1) is 16.7. The van der Waals surface area contributed by atoms with Gasteiger partial charge in [0.05, 0.1) is 16.8 Å². The summed E-state index contributed by atoms with van der Waals surface area (Å²) in [5, 5.41) is 12.9. The van der Waals surface area contributed by atoms with Gasteiger partial charge in [0, 0.05) is 17.5 Å². The van der Waals surface area contributed by atoms with Crippen LogP contribution in [0, 0.1) is 0 Å². The molecule has 1 aromatic carbocycles. The van der Waals surface area contributed by atoms with Crippen LogP contribution in [-0.4, -0.2) is 30.4 Å². The molecule has 1 saturated heterocycles. The number of anilines is 1. The minimum absolute atomic E-state index is 0.143. The van der Waals surface area contributed by atoms with E-state index in [1.165, 1.54) is 11.3 Å². The Morgan fingerprint density at radius 2 is 2.04 bits per heavy atom. The summed E-state index contributed by atoms with van der Waals surface area (Å²) in [4.78, 5) is 24.9. The second-order valence-electron chi connectivity index (χ2n) is 6.06. The van der Waals surface area contributed by atoms with Crippen LogP contribution >= 0.6 is 11.3 Å². The molecule has 0 bridgehead atoms. The molecule has 3 rings (SSSR count). The van der Waals surface area contributed by atoms with Crippen LogP contribution in [0.5, 0.6) is 0 Å². The quantitative estimate of drug-likeness (QED) is 0.799. The maximum Gasteiger partial charge on any atom is 0.256 e. The van der Waals surface area contributed by atoms with E-state index in [0.29, 0.717) is 22.9 Å². The van der Waals surface area contributed by atoms with Gasteiger partial charge in [0.1, 0.15) is 0 Å². The van der Waals surface area contributed by atoms with E-state index in [2.05, 4.69) is 22.9 Å². The van der Waals surface area contributed by atoms with Crippen molar-refractivity contribution in [3.05, 3.63) is 52.2 Å². The number of hydrogen-bond acceptors (Lipinski definition) is 4. The third-order valence-electron chi connectivity index (χ3n) is 4.16. The van der Waals surface area contributed by atoms with Gasteiger partial charge in [-0.25, -0.2) is 0 Å². The summed E-state index contributed by atoms with van der Waals surface area (Å²) in [6.07, 6.45) is 1.83. The Balaban J connectivity index is 1.71. The highest BCUT2D eigenvalue weighted by Crippen LogP contribution is 2.18. The number of piperidine rings is 1. The number of thiophene rings is 1. The van der Waals surface area contributed by atoms with E-state index in [1.807, 2.05) is 11.4 Å². The second kappa shape index (κ2) is 7.59. The summed E-state index contributed by atoms with van der Waals surface area (Å²) in [5.74, 6) is -0.345. The number of para-hydroxylation sites is 1. The first-order valence-electron chi connectivity index (χ1n) is 8.10. The SMILES string of the molecule is CC1CC(NC(=O)c2ccccc2NC(=O)c2ccsc2)CCN1. The standard InChI is InChI=1S/C18H21N3O2S/c1-12-10-14(6-8-19-12)20-18(23)15-4-2-3-5-16(15)21-17(22)13-7-9-24-11-13/h2-5,7,9,11-12,14,19H,6,8,10H2,1H3,(H,20,23)(H,21,22). The fourth-order valence-electron chi connectivity index (χ4n) is 2.90. The van der Waals surface area contributed by atoms with Gasteiger partial charge in [-0.2, -0.15) is 11.3 Å². The summed E-state index contributed by atoms with van der Waals surface area (Å²) in [7, 11) is 0. The lowest BCUT2D eigenvalue weighted by Crippen LogP contribution is -2.46. The molecule has 126 valence electrons. The third kappa shape index (κ3) is 4.01. The Morgan fingerprint density at radius 3 is 2.79 bits per heavy atom. The van der Waals surface area contributed by atoms with E-state index in [0.717, 1.165) is 19.4 Å². The monoisotopic (exact) mass is 343 g/mol. The third-order valence-corrected chi connectivity index (χ3v) is 4.85. The van der Waals surface area contributed by atoms with Crippen LogP contribution in [0.15, 0.2) is 41.1 Å². The molecule has 0 spiro atoms. The molecule has 2 atom stereocenters. The first-order chi connectivity index (χ1) is 11.6. The Morgan fingerprint density at radius 1 is 1.21 bits per heavy atom. The maximum absolute atomic E-state index is 12.6. The molecular weight excluding hydrogens is 322 g/mol. The van der Waals surface area contributed by atoms with E-state index in [4.69, 9.17) is 0 Å². The van der Waals surface area contributed by atoms with Crippen LogP contribution in [0.25, 0.3) is 0 Å². The van der Waals surface area contributed by atoms with Gasteiger partial charge >= 0.3 is 0 Å². The number of carbonyl (C=O) groups excluding carboxylic acids is 2. The topological polar surface area (TPSA) is 70.2 Å². The van der Waals surface area contributed by atoms with E-state index in [-0.39, 0.29) is 17.9 Å². The molecule has 1 aromatic heterocycles. The molecule has 2 heterocycles. The first-order valence-corrected chi connectivity index (χ1v) is 9.04. The molecule has 2 unspecified atom stereocenters. The van der Waals surface area contributed by atoms with Crippen molar-refractivity contribution in [2.45, 2.75) is 31.8 Å². The smallest absolute Gasteiger partial charge is 0.256 e. The summed E-state index contributed by atoms with van der Waals surface area (Å²) in [5.41, 5.74) is 1.63. The normalized spacial score (nSPS) is 20.4. The molecule has 2 amide bonds. The number of nitrogens with one attached hydrogen (secondary N) is 3. The van der Waals surface area contributed by atoms with Crippen LogP contribution in [0.1, 0.15) is 40.5 Å². The molecule has 0 saturated carbocycles. The van der Waals surface area contributed by atoms with Gasteiger partial charge in [0.25, 0.3) is 11.8 Å². The Bertz CT molecular complexity index is 715. The molecule has 0 radical (unpaired) electrons. The molecular formula is C18H21N3O2S. The van der Waals surface area contributed by atoms with Crippen molar-refractivity contribution in [2.75, 3.05) is 11.9 Å². The number of benzene rings is 1. The number of hydrogen-bond donors (Lipinski definition) is 3. The Hall–Kier alpha value is -2.18. The largest absolute Gasteiger partial charge is 0.349 e. The highest BCUT2D eigenvalue weighted by Gasteiger charge is 2.22. The summed E-state index contributed by atoms with van der Waals surface area (Å²) >= 11 is 1.47. The van der Waals surface area contributed by atoms with E-state index >= 15 is 0 Å². The average molecular weight is 343 g/mol. The molecule has 1 aliphatic heterocycles. The van der Waals surface area contributed by atoms with Crippen molar-refractivity contribution in [1.29, 1.82) is 0 Å². The predicted octanol–water partition coefficient (Wildman–Crippen LogP) is 2.87. The van der Waals surface area contributed by atoms with Gasteiger partial charge in [0.15, 0.2) is 0 Å². The van der Waals surface area contributed by atoms with Crippen LogP contribution < -0.4 is 16.0 Å². The Labute approximate surface area is 145 Å². The second-order valence-corrected chi connectivity index (χ2v) is 6.84. The molecule has 0 aliphatic carbocycles. The molecule has 3 N–H and O–H groups in total. The molecule has 24 heavy (non-hydrogen) atoms. The van der Waals surface area contributed by atoms with Crippen molar-refractivity contribution >= 4 is 28.8 Å². The lowest BCUT2D eigenvalue weighted by Gasteiger charge is -2.28. The number of carbonyl (C=O) groups is 2. The van der Waals surface area contributed by atoms with Gasteiger partial charge in [-0.15, -0.1) is 0 Å².